The molecule has 1 saturated heterocycles. The summed E-state index contributed by atoms with van der Waals surface area (Å²) in [5.74, 6) is -0.0841. The van der Waals surface area contributed by atoms with Crippen LogP contribution in [0.1, 0.15) is 5.56 Å². The van der Waals surface area contributed by atoms with E-state index in [0.29, 0.717) is 18.1 Å². The first-order valence-electron chi connectivity index (χ1n) is 7.03. The van der Waals surface area contributed by atoms with Crippen molar-refractivity contribution in [2.75, 3.05) is 39.8 Å². The zero-order valence-electron chi connectivity index (χ0n) is 12.1. The maximum Gasteiger partial charge on any atom is 0.242 e. The van der Waals surface area contributed by atoms with Crippen LogP contribution < -0.4 is 5.32 Å². The lowest BCUT2D eigenvalue weighted by atomic mass is 10.1. The summed E-state index contributed by atoms with van der Waals surface area (Å²) in [7, 11) is 1.66. The Morgan fingerprint density at radius 1 is 1.33 bits per heavy atom. The van der Waals surface area contributed by atoms with E-state index in [1.54, 1.807) is 24.1 Å². The van der Waals surface area contributed by atoms with Crippen LogP contribution in [0, 0.1) is 0 Å². The van der Waals surface area contributed by atoms with Gasteiger partial charge in [0.15, 0.2) is 0 Å². The Kier molecular flexibility index (Phi) is 5.59. The number of nitrogens with zero attached hydrogens (tertiary/aromatic N) is 2. The molecular weight excluding hydrogens is 290 g/mol. The molecule has 114 valence electrons. The number of likely N-dealkylation sites (N-methyl/N-ethyl adjacent to an activating group) is 1. The largest absolute Gasteiger partial charge is 0.339 e. The Morgan fingerprint density at radius 2 is 2.05 bits per heavy atom. The predicted octanol–water partition coefficient (Wildman–Crippen LogP) is 0.773. The van der Waals surface area contributed by atoms with Crippen LogP contribution in [-0.2, 0) is 16.0 Å². The molecule has 1 aromatic rings. The third kappa shape index (κ3) is 4.72. The van der Waals surface area contributed by atoms with Gasteiger partial charge in [0.05, 0.1) is 13.0 Å². The van der Waals surface area contributed by atoms with Crippen LogP contribution >= 0.6 is 11.6 Å². The van der Waals surface area contributed by atoms with Crippen molar-refractivity contribution in [1.29, 1.82) is 0 Å². The van der Waals surface area contributed by atoms with Gasteiger partial charge in [-0.25, -0.2) is 0 Å². The number of nitrogens with one attached hydrogen (secondary N) is 1. The fourth-order valence-corrected chi connectivity index (χ4v) is 2.47. The summed E-state index contributed by atoms with van der Waals surface area (Å²) in [4.78, 5) is 27.5. The number of hydrogen-bond acceptors (Lipinski definition) is 3. The van der Waals surface area contributed by atoms with E-state index in [-0.39, 0.29) is 24.8 Å². The van der Waals surface area contributed by atoms with Crippen molar-refractivity contribution in [2.45, 2.75) is 6.42 Å². The molecule has 2 rings (SSSR count). The second-order valence-electron chi connectivity index (χ2n) is 5.19. The smallest absolute Gasteiger partial charge is 0.242 e. The van der Waals surface area contributed by atoms with E-state index in [0.717, 1.165) is 18.7 Å². The predicted molar refractivity (Wildman–Crippen MR) is 82.2 cm³/mol. The molecule has 1 heterocycles. The average Bonchev–Trinajstić information content (AvgIpc) is 2.48. The third-order valence-electron chi connectivity index (χ3n) is 3.51. The molecule has 1 aromatic carbocycles. The summed E-state index contributed by atoms with van der Waals surface area (Å²) in [5, 5.41) is 3.81. The summed E-state index contributed by atoms with van der Waals surface area (Å²) in [6.45, 7) is 3.15. The highest BCUT2D eigenvalue weighted by molar-refractivity contribution is 6.30. The molecule has 0 saturated carbocycles. The van der Waals surface area contributed by atoms with Gasteiger partial charge in [-0.05, 0) is 17.7 Å². The van der Waals surface area contributed by atoms with Crippen LogP contribution in [0.2, 0.25) is 5.02 Å². The van der Waals surface area contributed by atoms with Crippen molar-refractivity contribution < 1.29 is 9.59 Å². The minimum atomic E-state index is -0.0826. The quantitative estimate of drug-likeness (QED) is 0.894. The van der Waals surface area contributed by atoms with Gasteiger partial charge in [0.25, 0.3) is 0 Å². The molecule has 2 amide bonds. The number of carbonyl (C=O) groups excluding carboxylic acids is 2. The molecule has 0 spiro atoms. The maximum atomic E-state index is 12.1. The number of hydrogen-bond donors (Lipinski definition) is 1. The van der Waals surface area contributed by atoms with E-state index >= 15 is 0 Å². The van der Waals surface area contributed by atoms with E-state index in [1.165, 1.54) is 4.90 Å². The van der Waals surface area contributed by atoms with Gasteiger partial charge in [0.1, 0.15) is 0 Å². The van der Waals surface area contributed by atoms with E-state index in [1.807, 2.05) is 12.1 Å². The summed E-state index contributed by atoms with van der Waals surface area (Å²) in [5.41, 5.74) is 0.856. The van der Waals surface area contributed by atoms with Crippen LogP contribution in [0.5, 0.6) is 0 Å². The Hall–Kier alpha value is -1.59. The summed E-state index contributed by atoms with van der Waals surface area (Å²) in [6.07, 6.45) is 0.256. The van der Waals surface area contributed by atoms with Crippen molar-refractivity contribution in [3.63, 3.8) is 0 Å². The molecule has 0 unspecified atom stereocenters. The van der Waals surface area contributed by atoms with Gasteiger partial charge < -0.3 is 15.1 Å². The molecule has 0 aromatic heterocycles. The minimum Gasteiger partial charge on any atom is -0.339 e. The fourth-order valence-electron chi connectivity index (χ4n) is 2.26. The van der Waals surface area contributed by atoms with Crippen molar-refractivity contribution in [3.8, 4) is 0 Å². The van der Waals surface area contributed by atoms with Gasteiger partial charge in [-0.15, -0.1) is 0 Å². The molecule has 1 aliphatic heterocycles. The molecule has 5 nitrogen and oxygen atoms in total. The summed E-state index contributed by atoms with van der Waals surface area (Å²) < 4.78 is 0. The number of rotatable bonds is 4. The van der Waals surface area contributed by atoms with Crippen LogP contribution in [0.25, 0.3) is 0 Å². The summed E-state index contributed by atoms with van der Waals surface area (Å²) in [6, 6.07) is 7.21. The van der Waals surface area contributed by atoms with Crippen molar-refractivity contribution in [1.82, 2.24) is 15.1 Å². The topological polar surface area (TPSA) is 52.7 Å². The highest BCUT2D eigenvalue weighted by Gasteiger charge is 2.20. The van der Waals surface area contributed by atoms with E-state index < -0.39 is 0 Å². The SMILES string of the molecule is CN(CC(=O)N1CCNCC1)C(=O)Cc1cccc(Cl)c1. The Bertz CT molecular complexity index is 515. The molecular formula is C15H20ClN3O2. The molecule has 1 aliphatic rings. The lowest BCUT2D eigenvalue weighted by molar-refractivity contribution is -0.139. The molecule has 21 heavy (non-hydrogen) atoms. The molecule has 0 bridgehead atoms. The Morgan fingerprint density at radius 3 is 2.71 bits per heavy atom. The molecule has 6 heteroatoms. The number of benzene rings is 1. The zero-order valence-corrected chi connectivity index (χ0v) is 12.9. The van der Waals surface area contributed by atoms with Gasteiger partial charge in [-0.3, -0.25) is 9.59 Å². The van der Waals surface area contributed by atoms with Crippen LogP contribution in [-0.4, -0.2) is 61.4 Å². The van der Waals surface area contributed by atoms with Crippen molar-refractivity contribution in [2.24, 2.45) is 0 Å². The van der Waals surface area contributed by atoms with Crippen LogP contribution in [0.4, 0.5) is 0 Å². The first-order valence-corrected chi connectivity index (χ1v) is 7.41. The number of amides is 2. The van der Waals surface area contributed by atoms with E-state index in [2.05, 4.69) is 5.32 Å². The minimum absolute atomic E-state index is 0.00144. The van der Waals surface area contributed by atoms with E-state index in [4.69, 9.17) is 11.6 Å². The standard InChI is InChI=1S/C15H20ClN3O2/c1-18(11-15(21)19-7-5-17-6-8-19)14(20)10-12-3-2-4-13(16)9-12/h2-4,9,17H,5-8,10-11H2,1H3. The fraction of sp³-hybridized carbons (Fsp3) is 0.467. The second-order valence-corrected chi connectivity index (χ2v) is 5.62. The second kappa shape index (κ2) is 7.43. The third-order valence-corrected chi connectivity index (χ3v) is 3.75. The monoisotopic (exact) mass is 309 g/mol. The van der Waals surface area contributed by atoms with Gasteiger partial charge in [-0.1, -0.05) is 23.7 Å². The van der Waals surface area contributed by atoms with Gasteiger partial charge >= 0.3 is 0 Å². The van der Waals surface area contributed by atoms with E-state index in [9.17, 15) is 9.59 Å². The highest BCUT2D eigenvalue weighted by atomic mass is 35.5. The first-order chi connectivity index (χ1) is 10.1. The molecule has 0 radical (unpaired) electrons. The van der Waals surface area contributed by atoms with Crippen molar-refractivity contribution in [3.05, 3.63) is 34.9 Å². The van der Waals surface area contributed by atoms with Gasteiger partial charge in [-0.2, -0.15) is 0 Å². The Labute approximate surface area is 129 Å². The highest BCUT2D eigenvalue weighted by Crippen LogP contribution is 2.11. The van der Waals surface area contributed by atoms with Crippen LogP contribution in [0.3, 0.4) is 0 Å². The van der Waals surface area contributed by atoms with Gasteiger partial charge in [0, 0.05) is 38.2 Å². The van der Waals surface area contributed by atoms with Gasteiger partial charge in [0.2, 0.25) is 11.8 Å². The zero-order chi connectivity index (χ0) is 15.2. The molecule has 1 fully saturated rings. The lowest BCUT2D eigenvalue weighted by Gasteiger charge is -2.29. The summed E-state index contributed by atoms with van der Waals surface area (Å²) >= 11 is 5.90. The van der Waals surface area contributed by atoms with Crippen LogP contribution in [0.15, 0.2) is 24.3 Å². The van der Waals surface area contributed by atoms with Crippen molar-refractivity contribution >= 4 is 23.4 Å². The molecule has 0 aliphatic carbocycles. The number of piperazine rings is 1. The molecule has 0 atom stereocenters. The number of halogens is 1. The maximum absolute atomic E-state index is 12.1. The first kappa shape index (κ1) is 15.8. The average molecular weight is 310 g/mol. The molecule has 1 N–H and O–H groups in total. The normalized spacial score (nSPS) is 14.9. The lowest BCUT2D eigenvalue weighted by Crippen LogP contribution is -2.49. The number of carbonyl (C=O) groups is 2. The Balaban J connectivity index is 1.85.